The number of aromatic hydroxyl groups is 2. The van der Waals surface area contributed by atoms with Crippen molar-refractivity contribution in [3.05, 3.63) is 53.6 Å². The average molecular weight is 323 g/mol. The maximum atomic E-state index is 12.3. The first-order valence-corrected chi connectivity index (χ1v) is 7.84. The summed E-state index contributed by atoms with van der Waals surface area (Å²) in [7, 11) is -4.61. The van der Waals surface area contributed by atoms with Crippen molar-refractivity contribution in [2.45, 2.75) is 6.42 Å². The fourth-order valence-corrected chi connectivity index (χ4v) is 2.42. The zero-order valence-electron chi connectivity index (χ0n) is 11.3. The van der Waals surface area contributed by atoms with Crippen LogP contribution in [0.3, 0.4) is 0 Å². The van der Waals surface area contributed by atoms with Gasteiger partial charge >= 0.3 is 7.75 Å². The van der Waals surface area contributed by atoms with Gasteiger partial charge in [-0.25, -0.2) is 4.57 Å². The van der Waals surface area contributed by atoms with E-state index in [0.717, 1.165) is 6.07 Å². The molecule has 2 rings (SSSR count). The molecule has 0 spiro atoms. The van der Waals surface area contributed by atoms with E-state index in [1.54, 1.807) is 12.1 Å². The van der Waals surface area contributed by atoms with Gasteiger partial charge < -0.3 is 20.0 Å². The summed E-state index contributed by atoms with van der Waals surface area (Å²) in [4.78, 5) is 30.2. The third kappa shape index (κ3) is 4.33. The van der Waals surface area contributed by atoms with Gasteiger partial charge in [0.25, 0.3) is 0 Å². The monoisotopic (exact) mass is 323 g/mol. The molecule has 22 heavy (non-hydrogen) atoms. The first-order valence-electron chi connectivity index (χ1n) is 6.22. The van der Waals surface area contributed by atoms with Gasteiger partial charge in [0.1, 0.15) is 11.5 Å². The number of ketones is 1. The Hall–Kier alpha value is -2.34. The first-order chi connectivity index (χ1) is 10.2. The van der Waals surface area contributed by atoms with Crippen LogP contribution in [0.15, 0.2) is 42.5 Å². The molecular formula is C14H14NO6P. The Morgan fingerprint density at radius 3 is 2.18 bits per heavy atom. The highest BCUT2D eigenvalue weighted by Gasteiger charge is 2.19. The second-order valence-electron chi connectivity index (χ2n) is 4.65. The van der Waals surface area contributed by atoms with Crippen LogP contribution in [0.4, 0.5) is 5.69 Å². The van der Waals surface area contributed by atoms with Crippen molar-refractivity contribution in [3.63, 3.8) is 0 Å². The molecule has 0 fully saturated rings. The Labute approximate surface area is 126 Å². The van der Waals surface area contributed by atoms with Crippen molar-refractivity contribution in [1.29, 1.82) is 0 Å². The van der Waals surface area contributed by atoms with Gasteiger partial charge in [0.2, 0.25) is 0 Å². The number of rotatable bonds is 5. The predicted molar refractivity (Wildman–Crippen MR) is 79.9 cm³/mol. The molecule has 7 nitrogen and oxygen atoms in total. The molecule has 8 heteroatoms. The lowest BCUT2D eigenvalue weighted by Crippen LogP contribution is -2.08. The molecule has 0 bridgehead atoms. The number of anilines is 1. The lowest BCUT2D eigenvalue weighted by molar-refractivity contribution is 0.0994. The Morgan fingerprint density at radius 2 is 1.59 bits per heavy atom. The van der Waals surface area contributed by atoms with Crippen molar-refractivity contribution in [2.75, 3.05) is 5.09 Å². The molecule has 0 saturated carbocycles. The third-order valence-corrected chi connectivity index (χ3v) is 3.40. The van der Waals surface area contributed by atoms with Crippen LogP contribution < -0.4 is 5.09 Å². The fraction of sp³-hybridized carbons (Fsp3) is 0.0714. The molecule has 0 heterocycles. The minimum atomic E-state index is -4.61. The summed E-state index contributed by atoms with van der Waals surface area (Å²) in [6, 6.07) is 9.64. The maximum absolute atomic E-state index is 12.3. The van der Waals surface area contributed by atoms with Gasteiger partial charge in [-0.05, 0) is 29.8 Å². The van der Waals surface area contributed by atoms with Crippen molar-refractivity contribution < 1.29 is 29.4 Å². The van der Waals surface area contributed by atoms with E-state index < -0.39 is 7.75 Å². The average Bonchev–Trinajstić information content (AvgIpc) is 2.39. The van der Waals surface area contributed by atoms with E-state index in [0.29, 0.717) is 5.56 Å². The van der Waals surface area contributed by atoms with Gasteiger partial charge in [0, 0.05) is 18.1 Å². The number of carbonyl (C=O) groups excluding carboxylic acids is 1. The summed E-state index contributed by atoms with van der Waals surface area (Å²) in [6.07, 6.45) is -0.0130. The second kappa shape index (κ2) is 6.19. The van der Waals surface area contributed by atoms with Crippen molar-refractivity contribution in [1.82, 2.24) is 0 Å². The van der Waals surface area contributed by atoms with Crippen LogP contribution in [0.25, 0.3) is 0 Å². The Morgan fingerprint density at radius 1 is 1.00 bits per heavy atom. The summed E-state index contributed by atoms with van der Waals surface area (Å²) in [6.45, 7) is 0. The van der Waals surface area contributed by atoms with Crippen molar-refractivity contribution >= 4 is 19.2 Å². The topological polar surface area (TPSA) is 127 Å². The van der Waals surface area contributed by atoms with E-state index >= 15 is 0 Å². The minimum absolute atomic E-state index is 0.0130. The van der Waals surface area contributed by atoms with E-state index in [1.165, 1.54) is 24.3 Å². The summed E-state index contributed by atoms with van der Waals surface area (Å²) < 4.78 is 11.0. The lowest BCUT2D eigenvalue weighted by Gasteiger charge is -2.12. The van der Waals surface area contributed by atoms with Crippen molar-refractivity contribution in [3.8, 4) is 11.5 Å². The van der Waals surface area contributed by atoms with E-state index in [2.05, 4.69) is 0 Å². The fourth-order valence-electron chi connectivity index (χ4n) is 1.92. The van der Waals surface area contributed by atoms with Gasteiger partial charge in [-0.2, -0.15) is 0 Å². The maximum Gasteiger partial charge on any atom is 0.427 e. The smallest absolute Gasteiger partial charge is 0.427 e. The number of nitrogens with one attached hydrogen (secondary N) is 1. The molecule has 0 saturated heterocycles. The molecule has 0 aliphatic rings. The molecule has 0 aromatic heterocycles. The normalized spacial score (nSPS) is 11.2. The summed E-state index contributed by atoms with van der Waals surface area (Å²) in [5.74, 6) is -0.538. The highest BCUT2D eigenvalue weighted by molar-refractivity contribution is 7.53. The summed E-state index contributed by atoms with van der Waals surface area (Å²) in [5, 5.41) is 20.5. The van der Waals surface area contributed by atoms with Gasteiger partial charge in [0.05, 0.1) is 5.69 Å². The summed E-state index contributed by atoms with van der Waals surface area (Å²) >= 11 is 0. The SMILES string of the molecule is O=C(Cc1ccc(O)cc1)c1ccc(O)cc1NP(=O)(O)O. The van der Waals surface area contributed by atoms with E-state index in [4.69, 9.17) is 9.79 Å². The van der Waals surface area contributed by atoms with E-state index in [-0.39, 0.29) is 35.0 Å². The molecule has 2 aromatic rings. The van der Waals surface area contributed by atoms with Crippen LogP contribution in [0.1, 0.15) is 15.9 Å². The number of hydrogen-bond donors (Lipinski definition) is 5. The number of Topliss-reactive ketones (excluding diaryl/α,β-unsaturated/α-hetero) is 1. The zero-order valence-corrected chi connectivity index (χ0v) is 12.2. The number of benzene rings is 2. The van der Waals surface area contributed by atoms with Crippen LogP contribution in [0.2, 0.25) is 0 Å². The van der Waals surface area contributed by atoms with E-state index in [1.807, 2.05) is 5.09 Å². The summed E-state index contributed by atoms with van der Waals surface area (Å²) in [5.41, 5.74) is 0.546. The molecule has 116 valence electrons. The van der Waals surface area contributed by atoms with Gasteiger partial charge in [-0.15, -0.1) is 0 Å². The Balaban J connectivity index is 2.28. The molecule has 0 aliphatic carbocycles. The van der Waals surface area contributed by atoms with Crippen LogP contribution in [-0.4, -0.2) is 25.8 Å². The largest absolute Gasteiger partial charge is 0.508 e. The van der Waals surface area contributed by atoms with E-state index in [9.17, 15) is 19.6 Å². The molecular weight excluding hydrogens is 309 g/mol. The zero-order chi connectivity index (χ0) is 16.3. The molecule has 0 aliphatic heterocycles. The number of hydrogen-bond acceptors (Lipinski definition) is 4. The molecule has 0 unspecified atom stereocenters. The third-order valence-electron chi connectivity index (χ3n) is 2.87. The van der Waals surface area contributed by atoms with Gasteiger partial charge in [-0.3, -0.25) is 9.88 Å². The number of phenolic OH excluding ortho intramolecular Hbond substituents is 2. The van der Waals surface area contributed by atoms with Crippen LogP contribution in [-0.2, 0) is 11.0 Å². The van der Waals surface area contributed by atoms with Gasteiger partial charge in [0.15, 0.2) is 5.78 Å². The standard InChI is InChI=1S/C14H14NO6P/c16-10-3-1-9(2-4-10)7-14(18)12-6-5-11(17)8-13(12)15-22(19,20)21/h1-6,8,16-17H,7H2,(H3,15,19,20,21). The molecule has 0 radical (unpaired) electrons. The van der Waals surface area contributed by atoms with Crippen molar-refractivity contribution in [2.24, 2.45) is 0 Å². The van der Waals surface area contributed by atoms with Crippen LogP contribution in [0, 0.1) is 0 Å². The molecule has 0 amide bonds. The Bertz CT molecular complexity index is 737. The first kappa shape index (κ1) is 16.0. The van der Waals surface area contributed by atoms with Crippen LogP contribution >= 0.6 is 7.75 Å². The highest BCUT2D eigenvalue weighted by Crippen LogP contribution is 2.38. The van der Waals surface area contributed by atoms with Gasteiger partial charge in [-0.1, -0.05) is 12.1 Å². The molecule has 0 atom stereocenters. The second-order valence-corrected chi connectivity index (χ2v) is 5.96. The molecule has 2 aromatic carbocycles. The Kier molecular flexibility index (Phi) is 4.51. The quantitative estimate of drug-likeness (QED) is 0.421. The lowest BCUT2D eigenvalue weighted by atomic mass is 10.0. The number of carbonyl (C=O) groups is 1. The molecule has 5 N–H and O–H groups in total. The number of phenols is 2. The minimum Gasteiger partial charge on any atom is -0.508 e. The highest BCUT2D eigenvalue weighted by atomic mass is 31.2. The predicted octanol–water partition coefficient (Wildman–Crippen LogP) is 2.03. The van der Waals surface area contributed by atoms with Crippen LogP contribution in [0.5, 0.6) is 11.5 Å².